The van der Waals surface area contributed by atoms with Gasteiger partial charge in [0.15, 0.2) is 0 Å². The number of carbonyl (C=O) groups is 1. The topological polar surface area (TPSA) is 110 Å². The summed E-state index contributed by atoms with van der Waals surface area (Å²) in [5.41, 5.74) is 8.31. The zero-order valence-electron chi connectivity index (χ0n) is 19.6. The Bertz CT molecular complexity index is 910. The zero-order valence-corrected chi connectivity index (χ0v) is 19.6. The number of rotatable bonds is 13. The summed E-state index contributed by atoms with van der Waals surface area (Å²) in [6.45, 7) is 5.10. The van der Waals surface area contributed by atoms with Gasteiger partial charge in [-0.25, -0.2) is 4.98 Å². The number of H-pyrrole nitrogens is 1. The lowest BCUT2D eigenvalue weighted by molar-refractivity contribution is -0.137. The maximum atomic E-state index is 10.6. The summed E-state index contributed by atoms with van der Waals surface area (Å²) in [5, 5.41) is 14.2. The van der Waals surface area contributed by atoms with Crippen LogP contribution in [0.1, 0.15) is 84.1 Å². The molecule has 0 aliphatic carbocycles. The van der Waals surface area contributed by atoms with Crippen LogP contribution >= 0.6 is 0 Å². The zero-order chi connectivity index (χ0) is 23.2. The molecule has 3 rings (SSSR count). The van der Waals surface area contributed by atoms with Gasteiger partial charge in [0.1, 0.15) is 5.65 Å². The molecule has 0 bridgehead atoms. The standard InChI is InChI=1S/C15H16N4O2.C10H23N/c1-10(2-3-14(20)21)19-9-11(8-18-19)12-4-6-16-15-13(12)5-7-17-15;1-2-3-4-5-6-7-8-9-10-11/h4-10H,2-3H2,1H3,(H,16,17)(H,20,21);2-11H2,1H3. The van der Waals surface area contributed by atoms with E-state index in [1.807, 2.05) is 36.1 Å². The number of aromatic nitrogens is 4. The van der Waals surface area contributed by atoms with Crippen molar-refractivity contribution in [2.24, 2.45) is 5.73 Å². The molecule has 3 heterocycles. The quantitative estimate of drug-likeness (QED) is 0.284. The molecule has 1 atom stereocenters. The third kappa shape index (κ3) is 8.46. The highest BCUT2D eigenvalue weighted by Crippen LogP contribution is 2.27. The van der Waals surface area contributed by atoms with Crippen molar-refractivity contribution in [1.82, 2.24) is 19.7 Å². The highest BCUT2D eigenvalue weighted by Gasteiger charge is 2.12. The van der Waals surface area contributed by atoms with E-state index in [-0.39, 0.29) is 12.5 Å². The molecule has 3 aromatic heterocycles. The molecule has 1 unspecified atom stereocenters. The first-order valence-corrected chi connectivity index (χ1v) is 11.9. The predicted octanol–water partition coefficient (Wildman–Crippen LogP) is 5.94. The average molecular weight is 442 g/mol. The fourth-order valence-corrected chi connectivity index (χ4v) is 3.67. The monoisotopic (exact) mass is 441 g/mol. The average Bonchev–Trinajstić information content (AvgIpc) is 3.47. The third-order valence-electron chi connectivity index (χ3n) is 5.66. The Hall–Kier alpha value is -2.67. The Morgan fingerprint density at radius 3 is 2.56 bits per heavy atom. The number of aromatic amines is 1. The Morgan fingerprint density at radius 1 is 1.16 bits per heavy atom. The van der Waals surface area contributed by atoms with Crippen LogP contribution in [0.4, 0.5) is 0 Å². The second-order valence-electron chi connectivity index (χ2n) is 8.35. The van der Waals surface area contributed by atoms with Gasteiger partial charge in [0.2, 0.25) is 0 Å². The van der Waals surface area contributed by atoms with Crippen molar-refractivity contribution in [1.29, 1.82) is 0 Å². The highest BCUT2D eigenvalue weighted by molar-refractivity contribution is 5.92. The van der Waals surface area contributed by atoms with E-state index >= 15 is 0 Å². The van der Waals surface area contributed by atoms with Crippen LogP contribution in [0, 0.1) is 0 Å². The minimum Gasteiger partial charge on any atom is -0.481 e. The molecule has 0 aliphatic rings. The molecule has 4 N–H and O–H groups in total. The summed E-state index contributed by atoms with van der Waals surface area (Å²) in [5.74, 6) is -0.780. The lowest BCUT2D eigenvalue weighted by atomic mass is 10.1. The fourth-order valence-electron chi connectivity index (χ4n) is 3.67. The van der Waals surface area contributed by atoms with Gasteiger partial charge in [-0.1, -0.05) is 51.9 Å². The lowest BCUT2D eigenvalue weighted by Crippen LogP contribution is -2.07. The van der Waals surface area contributed by atoms with E-state index < -0.39 is 5.97 Å². The molecule has 0 aliphatic heterocycles. The molecule has 0 fully saturated rings. The summed E-state index contributed by atoms with van der Waals surface area (Å²) in [6, 6.07) is 4.00. The number of unbranched alkanes of at least 4 members (excludes halogenated alkanes) is 7. The molecular weight excluding hydrogens is 402 g/mol. The van der Waals surface area contributed by atoms with Crippen LogP contribution in [0.2, 0.25) is 0 Å². The normalized spacial score (nSPS) is 11.8. The van der Waals surface area contributed by atoms with E-state index in [0.717, 1.165) is 28.7 Å². The number of nitrogens with one attached hydrogen (secondary N) is 1. The first-order chi connectivity index (χ1) is 15.6. The summed E-state index contributed by atoms with van der Waals surface area (Å²) in [7, 11) is 0. The van der Waals surface area contributed by atoms with Crippen molar-refractivity contribution in [2.45, 2.75) is 84.1 Å². The second kappa shape index (κ2) is 14.4. The number of aliphatic carboxylic acids is 1. The molecule has 0 saturated carbocycles. The van der Waals surface area contributed by atoms with Gasteiger partial charge in [0, 0.05) is 42.0 Å². The number of fused-ring (bicyclic) bond motifs is 1. The molecule has 7 nitrogen and oxygen atoms in total. The molecule has 3 aromatic rings. The summed E-state index contributed by atoms with van der Waals surface area (Å²) < 4.78 is 1.82. The van der Waals surface area contributed by atoms with Gasteiger partial charge in [0.25, 0.3) is 0 Å². The molecule has 32 heavy (non-hydrogen) atoms. The van der Waals surface area contributed by atoms with Crippen LogP contribution in [-0.4, -0.2) is 37.4 Å². The number of pyridine rings is 1. The van der Waals surface area contributed by atoms with Crippen LogP contribution in [0.3, 0.4) is 0 Å². The Kier molecular flexibility index (Phi) is 11.5. The lowest BCUT2D eigenvalue weighted by Gasteiger charge is -2.10. The third-order valence-corrected chi connectivity index (χ3v) is 5.66. The van der Waals surface area contributed by atoms with Gasteiger partial charge in [0.05, 0.1) is 6.20 Å². The minimum absolute atomic E-state index is 0.0541. The van der Waals surface area contributed by atoms with Gasteiger partial charge in [-0.15, -0.1) is 0 Å². The maximum absolute atomic E-state index is 10.6. The van der Waals surface area contributed by atoms with Gasteiger partial charge >= 0.3 is 5.97 Å². The number of carboxylic acids is 1. The molecule has 7 heteroatoms. The molecule has 0 aromatic carbocycles. The van der Waals surface area contributed by atoms with Crippen molar-refractivity contribution in [3.05, 3.63) is 36.9 Å². The first-order valence-electron chi connectivity index (χ1n) is 11.9. The molecule has 0 saturated heterocycles. The van der Waals surface area contributed by atoms with Crippen LogP contribution in [0.15, 0.2) is 36.9 Å². The SMILES string of the molecule is CC(CCC(=O)O)n1cc(-c2ccnc3[nH]ccc23)cn1.CCCCCCCCCCN. The van der Waals surface area contributed by atoms with Crippen molar-refractivity contribution < 1.29 is 9.90 Å². The van der Waals surface area contributed by atoms with Crippen molar-refractivity contribution in [3.8, 4) is 11.1 Å². The van der Waals surface area contributed by atoms with Gasteiger partial charge in [-0.2, -0.15) is 5.10 Å². The Morgan fingerprint density at radius 2 is 1.88 bits per heavy atom. The molecule has 176 valence electrons. The van der Waals surface area contributed by atoms with Crippen molar-refractivity contribution in [2.75, 3.05) is 6.54 Å². The minimum atomic E-state index is -0.780. The number of hydrogen-bond acceptors (Lipinski definition) is 4. The van der Waals surface area contributed by atoms with Crippen LogP contribution in [0.25, 0.3) is 22.2 Å². The van der Waals surface area contributed by atoms with Gasteiger partial charge < -0.3 is 15.8 Å². The Labute approximate surface area is 191 Å². The number of hydrogen-bond donors (Lipinski definition) is 3. The first kappa shape index (κ1) is 25.6. The van der Waals surface area contributed by atoms with E-state index in [0.29, 0.717) is 6.42 Å². The summed E-state index contributed by atoms with van der Waals surface area (Å²) >= 11 is 0. The highest BCUT2D eigenvalue weighted by atomic mass is 16.4. The van der Waals surface area contributed by atoms with E-state index in [4.69, 9.17) is 10.8 Å². The largest absolute Gasteiger partial charge is 0.481 e. The molecular formula is C25H39N5O2. The van der Waals surface area contributed by atoms with Gasteiger partial charge in [-0.05, 0) is 44.0 Å². The van der Waals surface area contributed by atoms with E-state index in [2.05, 4.69) is 22.0 Å². The van der Waals surface area contributed by atoms with E-state index in [1.165, 1.54) is 51.4 Å². The van der Waals surface area contributed by atoms with E-state index in [1.54, 1.807) is 12.4 Å². The number of nitrogens with two attached hydrogens (primary N) is 1. The smallest absolute Gasteiger partial charge is 0.303 e. The summed E-state index contributed by atoms with van der Waals surface area (Å²) in [6.07, 6.45) is 19.1. The van der Waals surface area contributed by atoms with Gasteiger partial charge in [-0.3, -0.25) is 9.48 Å². The van der Waals surface area contributed by atoms with Crippen molar-refractivity contribution in [3.63, 3.8) is 0 Å². The predicted molar refractivity (Wildman–Crippen MR) is 131 cm³/mol. The van der Waals surface area contributed by atoms with Crippen LogP contribution in [0.5, 0.6) is 0 Å². The van der Waals surface area contributed by atoms with E-state index in [9.17, 15) is 4.79 Å². The number of carboxylic acid groups (broad SMARTS) is 1. The molecule has 0 radical (unpaired) electrons. The maximum Gasteiger partial charge on any atom is 0.303 e. The fraction of sp³-hybridized carbons (Fsp3) is 0.560. The van der Waals surface area contributed by atoms with Crippen molar-refractivity contribution >= 4 is 17.0 Å². The number of nitrogens with zero attached hydrogens (tertiary/aromatic N) is 3. The van der Waals surface area contributed by atoms with Crippen LogP contribution < -0.4 is 5.73 Å². The second-order valence-corrected chi connectivity index (χ2v) is 8.35. The summed E-state index contributed by atoms with van der Waals surface area (Å²) in [4.78, 5) is 18.0. The molecule has 0 amide bonds. The van der Waals surface area contributed by atoms with Crippen LogP contribution in [-0.2, 0) is 4.79 Å². The molecule has 0 spiro atoms. The Balaban J connectivity index is 0.000000282.